The van der Waals surface area contributed by atoms with Crippen molar-refractivity contribution in [1.29, 1.82) is 0 Å². The Morgan fingerprint density at radius 3 is 2.49 bits per heavy atom. The third-order valence-corrected chi connectivity index (χ3v) is 6.90. The molecule has 214 valence electrons. The summed E-state index contributed by atoms with van der Waals surface area (Å²) in [5.41, 5.74) is 10.6. The normalized spacial score (nSPS) is 15.0. The Bertz CT molecular complexity index is 1540. The van der Waals surface area contributed by atoms with Gasteiger partial charge in [0, 0.05) is 33.9 Å². The maximum absolute atomic E-state index is 12.7. The summed E-state index contributed by atoms with van der Waals surface area (Å²) in [6.07, 6.45) is 1.63. The largest absolute Gasteiger partial charge is 0.483 e. The van der Waals surface area contributed by atoms with Crippen LogP contribution in [0.4, 0.5) is 0 Å². The van der Waals surface area contributed by atoms with Crippen LogP contribution in [0.1, 0.15) is 53.5 Å². The monoisotopic (exact) mass is 573 g/mol. The Morgan fingerprint density at radius 1 is 1.07 bits per heavy atom. The van der Waals surface area contributed by atoms with Crippen LogP contribution in [0.2, 0.25) is 0 Å². The predicted octanol–water partition coefficient (Wildman–Crippen LogP) is 4.60. The van der Waals surface area contributed by atoms with Gasteiger partial charge in [0.25, 0.3) is 5.91 Å². The number of rotatable bonds is 9. The quantitative estimate of drug-likeness (QED) is 0.149. The summed E-state index contributed by atoms with van der Waals surface area (Å²) >= 11 is 5.33. The number of hydrazone groups is 1. The van der Waals surface area contributed by atoms with Gasteiger partial charge in [0.2, 0.25) is 0 Å². The Kier molecular flexibility index (Phi) is 9.24. The summed E-state index contributed by atoms with van der Waals surface area (Å²) in [4.78, 5) is 25.4. The number of carbonyl (C=O) groups excluding carboxylic acids is 2. The van der Waals surface area contributed by atoms with Gasteiger partial charge < -0.3 is 24.7 Å². The molecule has 3 aromatic rings. The number of benzene rings is 2. The maximum atomic E-state index is 12.7. The molecular formula is C31H35N5O4S. The van der Waals surface area contributed by atoms with Crippen molar-refractivity contribution < 1.29 is 19.1 Å². The van der Waals surface area contributed by atoms with Gasteiger partial charge in [-0.25, -0.2) is 10.2 Å². The molecular weight excluding hydrogens is 538 g/mol. The molecule has 1 aliphatic rings. The molecule has 0 spiro atoms. The van der Waals surface area contributed by atoms with Crippen LogP contribution in [0, 0.1) is 27.7 Å². The average Bonchev–Trinajstić information content (AvgIpc) is 3.19. The van der Waals surface area contributed by atoms with E-state index in [0.717, 1.165) is 22.6 Å². The van der Waals surface area contributed by atoms with Crippen molar-refractivity contribution in [1.82, 2.24) is 20.6 Å². The van der Waals surface area contributed by atoms with Crippen LogP contribution in [0.5, 0.6) is 5.75 Å². The number of ether oxygens (including phenoxy) is 2. The minimum Gasteiger partial charge on any atom is -0.483 e. The smallest absolute Gasteiger partial charge is 0.338 e. The molecule has 41 heavy (non-hydrogen) atoms. The maximum Gasteiger partial charge on any atom is 0.338 e. The molecule has 1 aromatic heterocycles. The highest BCUT2D eigenvalue weighted by molar-refractivity contribution is 7.80. The first-order valence-corrected chi connectivity index (χ1v) is 13.8. The van der Waals surface area contributed by atoms with Gasteiger partial charge in [-0.05, 0) is 89.2 Å². The van der Waals surface area contributed by atoms with Gasteiger partial charge in [0.05, 0.1) is 24.4 Å². The summed E-state index contributed by atoms with van der Waals surface area (Å²) in [6.45, 7) is 11.7. The predicted molar refractivity (Wildman–Crippen MR) is 163 cm³/mol. The number of carbonyl (C=O) groups is 2. The summed E-state index contributed by atoms with van der Waals surface area (Å²) in [5, 5.41) is 10.6. The molecule has 0 fully saturated rings. The number of hydrogen-bond acceptors (Lipinski definition) is 6. The number of nitrogens with zero attached hydrogens (tertiary/aromatic N) is 2. The van der Waals surface area contributed by atoms with Crippen molar-refractivity contribution in [2.75, 3.05) is 13.2 Å². The third-order valence-electron chi connectivity index (χ3n) is 6.68. The van der Waals surface area contributed by atoms with Gasteiger partial charge in [0.15, 0.2) is 11.7 Å². The number of hydrogen-bond donors (Lipinski definition) is 3. The van der Waals surface area contributed by atoms with E-state index in [1.165, 1.54) is 11.1 Å². The van der Waals surface area contributed by atoms with Gasteiger partial charge in [-0.1, -0.05) is 24.3 Å². The van der Waals surface area contributed by atoms with Gasteiger partial charge in [-0.3, -0.25) is 4.79 Å². The molecule has 0 radical (unpaired) electrons. The summed E-state index contributed by atoms with van der Waals surface area (Å²) in [7, 11) is 0. The molecule has 10 heteroatoms. The van der Waals surface area contributed by atoms with Crippen LogP contribution in [0.3, 0.4) is 0 Å². The first-order valence-electron chi connectivity index (χ1n) is 13.4. The minimum absolute atomic E-state index is 0.237. The van der Waals surface area contributed by atoms with Gasteiger partial charge in [-0.15, -0.1) is 0 Å². The molecule has 1 amide bonds. The highest BCUT2D eigenvalue weighted by Gasteiger charge is 2.32. The molecule has 0 unspecified atom stereocenters. The first-order chi connectivity index (χ1) is 19.6. The van der Waals surface area contributed by atoms with E-state index in [1.54, 1.807) is 32.2 Å². The van der Waals surface area contributed by atoms with Gasteiger partial charge in [0.1, 0.15) is 5.75 Å². The molecule has 9 nitrogen and oxygen atoms in total. The number of aryl methyl sites for hydroxylation is 3. The van der Waals surface area contributed by atoms with Crippen molar-refractivity contribution >= 4 is 35.4 Å². The summed E-state index contributed by atoms with van der Waals surface area (Å²) in [5.74, 6) is -0.456. The van der Waals surface area contributed by atoms with E-state index >= 15 is 0 Å². The van der Waals surface area contributed by atoms with Crippen LogP contribution in [0.15, 0.2) is 64.9 Å². The topological polar surface area (TPSA) is 106 Å². The van der Waals surface area contributed by atoms with Crippen molar-refractivity contribution in [3.63, 3.8) is 0 Å². The Hall–Kier alpha value is -4.44. The lowest BCUT2D eigenvalue weighted by atomic mass is 9.95. The average molecular weight is 574 g/mol. The van der Waals surface area contributed by atoms with E-state index in [9.17, 15) is 9.59 Å². The molecule has 2 heterocycles. The first kappa shape index (κ1) is 29.5. The van der Waals surface area contributed by atoms with Crippen LogP contribution >= 0.6 is 12.2 Å². The van der Waals surface area contributed by atoms with Crippen LogP contribution < -0.4 is 20.8 Å². The fraction of sp³-hybridized carbons (Fsp3) is 0.290. The van der Waals surface area contributed by atoms with E-state index in [1.807, 2.05) is 32.0 Å². The molecule has 0 bridgehead atoms. The van der Waals surface area contributed by atoms with E-state index in [4.69, 9.17) is 21.7 Å². The van der Waals surface area contributed by atoms with Crippen molar-refractivity contribution in [3.05, 3.63) is 93.4 Å². The molecule has 2 aromatic carbocycles. The molecule has 4 rings (SSSR count). The Labute approximate surface area is 245 Å². The van der Waals surface area contributed by atoms with Crippen molar-refractivity contribution in [3.8, 4) is 11.4 Å². The standard InChI is InChI=1S/C31H35N5O4S/c1-7-39-30(38)28-21(5)33-31(41)34-29(28)25-10-8-9-11-26(25)40-17-27(37)35-32-16-23-15-20(4)36(22(23)6)24-13-18(2)12-19(3)14-24/h8-16,29H,7,17H2,1-6H3,(H,35,37)(H2,33,34,41)/t29-/m1/s1. The molecule has 0 saturated carbocycles. The molecule has 1 aliphatic heterocycles. The SMILES string of the molecule is CCOC(=O)C1=C(C)NC(=S)N[C@@H]1c1ccccc1OCC(=O)NN=Cc1cc(C)n(-c2cc(C)cc(C)c2)c1C. The Balaban J connectivity index is 1.45. The molecule has 0 saturated heterocycles. The number of allylic oxidation sites excluding steroid dienone is 1. The minimum atomic E-state index is -0.604. The lowest BCUT2D eigenvalue weighted by molar-refractivity contribution is -0.139. The second kappa shape index (κ2) is 12.8. The van der Waals surface area contributed by atoms with Crippen LogP contribution in [0.25, 0.3) is 5.69 Å². The van der Waals surface area contributed by atoms with E-state index in [0.29, 0.717) is 27.7 Å². The summed E-state index contributed by atoms with van der Waals surface area (Å²) < 4.78 is 13.3. The fourth-order valence-corrected chi connectivity index (χ4v) is 5.27. The second-order valence-corrected chi connectivity index (χ2v) is 10.3. The van der Waals surface area contributed by atoms with Crippen LogP contribution in [-0.2, 0) is 14.3 Å². The number of esters is 1. The zero-order valence-electron chi connectivity index (χ0n) is 24.1. The van der Waals surface area contributed by atoms with Crippen molar-refractivity contribution in [2.24, 2.45) is 5.10 Å². The van der Waals surface area contributed by atoms with Crippen LogP contribution in [-0.4, -0.2) is 41.0 Å². The summed E-state index contributed by atoms with van der Waals surface area (Å²) in [6, 6.07) is 15.0. The molecule has 0 aliphatic carbocycles. The lowest BCUT2D eigenvalue weighted by Crippen LogP contribution is -2.45. The zero-order chi connectivity index (χ0) is 29.7. The Morgan fingerprint density at radius 2 is 1.78 bits per heavy atom. The molecule has 1 atom stereocenters. The molecule has 3 N–H and O–H groups in total. The van der Waals surface area contributed by atoms with Gasteiger partial charge >= 0.3 is 5.97 Å². The van der Waals surface area contributed by atoms with Gasteiger partial charge in [-0.2, -0.15) is 5.10 Å². The zero-order valence-corrected chi connectivity index (χ0v) is 24.9. The highest BCUT2D eigenvalue weighted by Crippen LogP contribution is 2.33. The van der Waals surface area contributed by atoms with E-state index in [-0.39, 0.29) is 13.2 Å². The van der Waals surface area contributed by atoms with E-state index in [2.05, 4.69) is 57.8 Å². The number of amides is 1. The number of aromatic nitrogens is 1. The second-order valence-electron chi connectivity index (χ2n) is 9.92. The fourth-order valence-electron chi connectivity index (χ4n) is 5.00. The third kappa shape index (κ3) is 6.83. The lowest BCUT2D eigenvalue weighted by Gasteiger charge is -2.30. The number of para-hydroxylation sites is 1. The number of nitrogens with one attached hydrogen (secondary N) is 3. The number of thiocarbonyl (C=S) groups is 1. The van der Waals surface area contributed by atoms with Crippen molar-refractivity contribution in [2.45, 2.75) is 47.6 Å². The highest BCUT2D eigenvalue weighted by atomic mass is 32.1. The van der Waals surface area contributed by atoms with E-state index < -0.39 is 17.9 Å².